The Labute approximate surface area is 116 Å². The van der Waals surface area contributed by atoms with Gasteiger partial charge in [-0.15, -0.1) is 0 Å². The Hall–Kier alpha value is -0.880. The van der Waals surface area contributed by atoms with E-state index in [1.54, 1.807) is 18.2 Å². The van der Waals surface area contributed by atoms with Crippen LogP contribution in [0.5, 0.6) is 0 Å². The minimum atomic E-state index is -3.49. The van der Waals surface area contributed by atoms with Crippen LogP contribution in [-0.2, 0) is 10.0 Å². The molecule has 0 spiro atoms. The molecule has 0 atom stereocenters. The van der Waals surface area contributed by atoms with Gasteiger partial charge in [-0.2, -0.15) is 4.31 Å². The number of hydrogen-bond acceptors (Lipinski definition) is 4. The highest BCUT2D eigenvalue weighted by Crippen LogP contribution is 2.23. The van der Waals surface area contributed by atoms with Crippen molar-refractivity contribution in [2.45, 2.75) is 58.3 Å². The molecular weight excluding hydrogens is 264 g/mol. The van der Waals surface area contributed by atoms with Gasteiger partial charge in [0.2, 0.25) is 10.0 Å². The molecule has 0 bridgehead atoms. The predicted octanol–water partition coefficient (Wildman–Crippen LogP) is 2.88. The van der Waals surface area contributed by atoms with Gasteiger partial charge in [-0.25, -0.2) is 8.42 Å². The third-order valence-electron chi connectivity index (χ3n) is 3.09. The lowest BCUT2D eigenvalue weighted by molar-refractivity contribution is 0.384. The average Bonchev–Trinajstić information content (AvgIpc) is 2.69. The van der Waals surface area contributed by atoms with Gasteiger partial charge in [0.1, 0.15) is 10.6 Å². The zero-order valence-electron chi connectivity index (χ0n) is 12.3. The van der Waals surface area contributed by atoms with Crippen LogP contribution in [0.1, 0.15) is 51.0 Å². The fourth-order valence-electron chi connectivity index (χ4n) is 1.99. The minimum Gasteiger partial charge on any atom is -0.360 e. The Morgan fingerprint density at radius 2 is 1.63 bits per heavy atom. The summed E-state index contributed by atoms with van der Waals surface area (Å²) in [6.07, 6.45) is 3.68. The van der Waals surface area contributed by atoms with E-state index in [0.717, 1.165) is 25.7 Å². The number of aryl methyl sites for hydroxylation is 2. The highest BCUT2D eigenvalue weighted by molar-refractivity contribution is 7.89. The smallest absolute Gasteiger partial charge is 0.248 e. The van der Waals surface area contributed by atoms with Crippen LogP contribution >= 0.6 is 0 Å². The summed E-state index contributed by atoms with van der Waals surface area (Å²) in [5.74, 6) is 0.371. The molecule has 19 heavy (non-hydrogen) atoms. The molecule has 0 unspecified atom stereocenters. The van der Waals surface area contributed by atoms with Crippen molar-refractivity contribution in [3.63, 3.8) is 0 Å². The molecule has 1 aromatic rings. The third kappa shape index (κ3) is 3.79. The van der Waals surface area contributed by atoms with Gasteiger partial charge < -0.3 is 4.52 Å². The summed E-state index contributed by atoms with van der Waals surface area (Å²) in [4.78, 5) is 0.236. The molecule has 6 heteroatoms. The summed E-state index contributed by atoms with van der Waals surface area (Å²) in [6, 6.07) is 0. The molecule has 0 N–H and O–H groups in total. The molecule has 1 aromatic heterocycles. The fourth-order valence-corrected chi connectivity index (χ4v) is 3.80. The molecule has 5 nitrogen and oxygen atoms in total. The van der Waals surface area contributed by atoms with Crippen molar-refractivity contribution in [1.82, 2.24) is 9.46 Å². The van der Waals surface area contributed by atoms with E-state index < -0.39 is 10.0 Å². The lowest BCUT2D eigenvalue weighted by Gasteiger charge is -2.21. The average molecular weight is 288 g/mol. The standard InChI is InChI=1S/C13H24N2O3S/c1-5-7-9-15(10-8-6-2)19(16,17)13-11(3)14-18-12(13)4/h5-10H2,1-4H3. The van der Waals surface area contributed by atoms with Crippen LogP contribution in [0, 0.1) is 13.8 Å². The minimum absolute atomic E-state index is 0.236. The summed E-state index contributed by atoms with van der Waals surface area (Å²) in [5.41, 5.74) is 0.440. The van der Waals surface area contributed by atoms with E-state index in [9.17, 15) is 8.42 Å². The largest absolute Gasteiger partial charge is 0.360 e. The molecule has 0 saturated carbocycles. The maximum absolute atomic E-state index is 12.7. The summed E-state index contributed by atoms with van der Waals surface area (Å²) < 4.78 is 31.9. The van der Waals surface area contributed by atoms with Crippen molar-refractivity contribution in [2.24, 2.45) is 0 Å². The lowest BCUT2D eigenvalue weighted by atomic mass is 10.3. The molecule has 0 aliphatic carbocycles. The van der Waals surface area contributed by atoms with Gasteiger partial charge in [0, 0.05) is 13.1 Å². The highest BCUT2D eigenvalue weighted by Gasteiger charge is 2.30. The van der Waals surface area contributed by atoms with Gasteiger partial charge in [0.25, 0.3) is 0 Å². The molecule has 110 valence electrons. The quantitative estimate of drug-likeness (QED) is 0.738. The summed E-state index contributed by atoms with van der Waals surface area (Å²) >= 11 is 0. The van der Waals surface area contributed by atoms with E-state index in [4.69, 9.17) is 4.52 Å². The number of rotatable bonds is 8. The number of aromatic nitrogens is 1. The van der Waals surface area contributed by atoms with Crippen molar-refractivity contribution >= 4 is 10.0 Å². The SMILES string of the molecule is CCCCN(CCCC)S(=O)(=O)c1c(C)noc1C. The van der Waals surface area contributed by atoms with Crippen molar-refractivity contribution < 1.29 is 12.9 Å². The van der Waals surface area contributed by atoms with E-state index in [-0.39, 0.29) is 4.90 Å². The number of nitrogens with zero attached hydrogens (tertiary/aromatic N) is 2. The monoisotopic (exact) mass is 288 g/mol. The van der Waals surface area contributed by atoms with E-state index in [2.05, 4.69) is 19.0 Å². The summed E-state index contributed by atoms with van der Waals surface area (Å²) in [5, 5.41) is 3.74. The van der Waals surface area contributed by atoms with E-state index in [1.807, 2.05) is 0 Å². The summed E-state index contributed by atoms with van der Waals surface area (Å²) in [6.45, 7) is 8.54. The molecular formula is C13H24N2O3S. The Morgan fingerprint density at radius 3 is 2.00 bits per heavy atom. The first-order valence-corrected chi connectivity index (χ1v) is 8.32. The van der Waals surface area contributed by atoms with Gasteiger partial charge in [0.05, 0.1) is 0 Å². The van der Waals surface area contributed by atoms with Crippen LogP contribution in [-0.4, -0.2) is 31.0 Å². The van der Waals surface area contributed by atoms with Crippen LogP contribution in [0.3, 0.4) is 0 Å². The van der Waals surface area contributed by atoms with Crippen LogP contribution < -0.4 is 0 Å². The molecule has 0 radical (unpaired) electrons. The fraction of sp³-hybridized carbons (Fsp3) is 0.769. The Morgan fingerprint density at radius 1 is 1.11 bits per heavy atom. The maximum atomic E-state index is 12.7. The molecule has 0 aliphatic heterocycles. The first kappa shape index (κ1) is 16.2. The van der Waals surface area contributed by atoms with Crippen molar-refractivity contribution in [3.05, 3.63) is 11.5 Å². The van der Waals surface area contributed by atoms with Crippen LogP contribution in [0.2, 0.25) is 0 Å². The van der Waals surface area contributed by atoms with Crippen LogP contribution in [0.25, 0.3) is 0 Å². The van der Waals surface area contributed by atoms with Gasteiger partial charge in [-0.1, -0.05) is 31.8 Å². The lowest BCUT2D eigenvalue weighted by Crippen LogP contribution is -2.33. The van der Waals surface area contributed by atoms with Gasteiger partial charge in [-0.3, -0.25) is 0 Å². The van der Waals surface area contributed by atoms with Crippen LogP contribution in [0.15, 0.2) is 9.42 Å². The Kier molecular flexibility index (Phi) is 6.00. The molecule has 0 amide bonds. The van der Waals surface area contributed by atoms with Crippen molar-refractivity contribution in [2.75, 3.05) is 13.1 Å². The van der Waals surface area contributed by atoms with E-state index in [0.29, 0.717) is 24.5 Å². The molecule has 1 heterocycles. The van der Waals surface area contributed by atoms with E-state index >= 15 is 0 Å². The zero-order valence-corrected chi connectivity index (χ0v) is 13.1. The molecule has 0 fully saturated rings. The second-order valence-corrected chi connectivity index (χ2v) is 6.64. The Balaban J connectivity index is 3.04. The third-order valence-corrected chi connectivity index (χ3v) is 5.23. The first-order chi connectivity index (χ1) is 8.95. The topological polar surface area (TPSA) is 63.4 Å². The zero-order chi connectivity index (χ0) is 14.5. The highest BCUT2D eigenvalue weighted by atomic mass is 32.2. The first-order valence-electron chi connectivity index (χ1n) is 6.88. The van der Waals surface area contributed by atoms with Gasteiger partial charge in [0.15, 0.2) is 5.76 Å². The maximum Gasteiger partial charge on any atom is 0.248 e. The van der Waals surface area contributed by atoms with E-state index in [1.165, 1.54) is 0 Å². The second-order valence-electron chi connectivity index (χ2n) is 4.76. The number of sulfonamides is 1. The van der Waals surface area contributed by atoms with Crippen molar-refractivity contribution in [3.8, 4) is 0 Å². The molecule has 0 saturated heterocycles. The molecule has 1 rings (SSSR count). The summed E-state index contributed by atoms with van der Waals surface area (Å²) in [7, 11) is -3.49. The van der Waals surface area contributed by atoms with Gasteiger partial charge >= 0.3 is 0 Å². The number of hydrogen-bond donors (Lipinski definition) is 0. The van der Waals surface area contributed by atoms with Gasteiger partial charge in [-0.05, 0) is 26.7 Å². The van der Waals surface area contributed by atoms with Crippen LogP contribution in [0.4, 0.5) is 0 Å². The van der Waals surface area contributed by atoms with Crippen molar-refractivity contribution in [1.29, 1.82) is 0 Å². The number of unbranched alkanes of at least 4 members (excludes halogenated alkanes) is 2. The normalized spacial score (nSPS) is 12.3. The Bertz CT molecular complexity index is 466. The molecule has 0 aromatic carbocycles. The second kappa shape index (κ2) is 7.05. The predicted molar refractivity (Wildman–Crippen MR) is 74.6 cm³/mol. The molecule has 0 aliphatic rings.